The highest BCUT2D eigenvalue weighted by atomic mass is 16.4. The van der Waals surface area contributed by atoms with E-state index in [9.17, 15) is 9.90 Å². The molecule has 0 aromatic carbocycles. The van der Waals surface area contributed by atoms with E-state index in [1.54, 1.807) is 11.8 Å². The number of carbonyl (C=O) groups is 1. The largest absolute Gasteiger partial charge is 0.481 e. The van der Waals surface area contributed by atoms with Crippen molar-refractivity contribution >= 4 is 11.8 Å². The summed E-state index contributed by atoms with van der Waals surface area (Å²) in [7, 11) is 0. The minimum atomic E-state index is -0.891. The molecular weight excluding hydrogens is 292 g/mol. The van der Waals surface area contributed by atoms with Crippen molar-refractivity contribution in [3.8, 4) is 0 Å². The molecule has 2 atom stereocenters. The molecule has 0 saturated heterocycles. The first kappa shape index (κ1) is 19.9. The molecule has 5 nitrogen and oxygen atoms in total. The molecule has 0 fully saturated rings. The van der Waals surface area contributed by atoms with Crippen LogP contribution in [0.3, 0.4) is 0 Å². The van der Waals surface area contributed by atoms with Crippen LogP contribution in [0.15, 0.2) is 4.99 Å². The predicted octanol–water partition coefficient (Wildman–Crippen LogP) is 3.80. The van der Waals surface area contributed by atoms with Gasteiger partial charge in [0.15, 0.2) is 0 Å². The van der Waals surface area contributed by atoms with Crippen LogP contribution in [0.2, 0.25) is 0 Å². The summed E-state index contributed by atoms with van der Waals surface area (Å²) in [6, 6.07) is 0.142. The molecule has 23 heavy (non-hydrogen) atoms. The lowest BCUT2D eigenvalue weighted by Crippen LogP contribution is -2.38. The first-order valence-corrected chi connectivity index (χ1v) is 9.27. The van der Waals surface area contributed by atoms with Gasteiger partial charge >= 0.3 is 5.97 Å². The van der Waals surface area contributed by atoms with Crippen LogP contribution in [0, 0.1) is 0 Å². The molecule has 0 aliphatic carbocycles. The van der Waals surface area contributed by atoms with E-state index in [1.807, 2.05) is 0 Å². The van der Waals surface area contributed by atoms with E-state index in [2.05, 4.69) is 11.9 Å². The van der Waals surface area contributed by atoms with E-state index in [0.29, 0.717) is 12.4 Å². The molecule has 1 aliphatic heterocycles. The van der Waals surface area contributed by atoms with E-state index in [4.69, 9.17) is 5.11 Å². The summed E-state index contributed by atoms with van der Waals surface area (Å²) in [5.41, 5.74) is 0. The SMILES string of the molecule is CCCCCCCCCCCC1CN(C(C)O)C(CC(=O)O)=N1. The van der Waals surface area contributed by atoms with Gasteiger partial charge in [0.25, 0.3) is 0 Å². The molecule has 0 saturated carbocycles. The molecule has 0 aromatic rings. The third-order valence-corrected chi connectivity index (χ3v) is 4.47. The number of carboxylic acid groups (broad SMARTS) is 1. The maximum atomic E-state index is 10.9. The number of hydrogen-bond acceptors (Lipinski definition) is 4. The van der Waals surface area contributed by atoms with Crippen molar-refractivity contribution in [2.75, 3.05) is 6.54 Å². The summed E-state index contributed by atoms with van der Waals surface area (Å²) in [5, 5.41) is 18.7. The Morgan fingerprint density at radius 1 is 1.17 bits per heavy atom. The number of aliphatic carboxylic acids is 1. The van der Waals surface area contributed by atoms with E-state index in [1.165, 1.54) is 51.4 Å². The normalized spacial score (nSPS) is 19.0. The van der Waals surface area contributed by atoms with Gasteiger partial charge in [0, 0.05) is 6.54 Å². The zero-order chi connectivity index (χ0) is 17.1. The minimum absolute atomic E-state index is 0.0981. The third-order valence-electron chi connectivity index (χ3n) is 4.47. The second kappa shape index (κ2) is 11.4. The molecule has 1 rings (SSSR count). The van der Waals surface area contributed by atoms with E-state index < -0.39 is 12.2 Å². The van der Waals surface area contributed by atoms with Crippen LogP contribution in [0.1, 0.15) is 84.5 Å². The van der Waals surface area contributed by atoms with Crippen molar-refractivity contribution in [1.82, 2.24) is 4.90 Å². The maximum Gasteiger partial charge on any atom is 0.310 e. The average Bonchev–Trinajstić information content (AvgIpc) is 2.88. The summed E-state index contributed by atoms with van der Waals surface area (Å²) in [6.07, 6.45) is 11.9. The molecule has 0 radical (unpaired) electrons. The number of amidine groups is 1. The molecule has 1 heterocycles. The Balaban J connectivity index is 2.15. The van der Waals surface area contributed by atoms with Crippen molar-refractivity contribution in [3.63, 3.8) is 0 Å². The van der Waals surface area contributed by atoms with Crippen LogP contribution in [0.5, 0.6) is 0 Å². The number of carboxylic acids is 1. The molecule has 0 spiro atoms. The molecule has 134 valence electrons. The molecular formula is C18H34N2O3. The predicted molar refractivity (Wildman–Crippen MR) is 93.7 cm³/mol. The van der Waals surface area contributed by atoms with Crippen LogP contribution in [-0.4, -0.2) is 45.7 Å². The number of aliphatic hydroxyl groups is 1. The fourth-order valence-corrected chi connectivity index (χ4v) is 3.16. The van der Waals surface area contributed by atoms with E-state index in [-0.39, 0.29) is 12.5 Å². The quantitative estimate of drug-likeness (QED) is 0.505. The Morgan fingerprint density at radius 2 is 1.74 bits per heavy atom. The summed E-state index contributed by atoms with van der Waals surface area (Å²) in [6.45, 7) is 4.56. The van der Waals surface area contributed by atoms with Crippen LogP contribution in [0.25, 0.3) is 0 Å². The van der Waals surface area contributed by atoms with Crippen LogP contribution >= 0.6 is 0 Å². The second-order valence-corrected chi connectivity index (χ2v) is 6.67. The number of nitrogens with zero attached hydrogens (tertiary/aromatic N) is 2. The second-order valence-electron chi connectivity index (χ2n) is 6.67. The molecule has 1 aliphatic rings. The highest BCUT2D eigenvalue weighted by molar-refractivity contribution is 5.97. The fraction of sp³-hybridized carbons (Fsp3) is 0.889. The molecule has 0 aromatic heterocycles. The molecule has 2 N–H and O–H groups in total. The summed E-state index contributed by atoms with van der Waals surface area (Å²) >= 11 is 0. The van der Waals surface area contributed by atoms with Crippen molar-refractivity contribution in [2.24, 2.45) is 4.99 Å². The van der Waals surface area contributed by atoms with Gasteiger partial charge in [0.05, 0.1) is 6.04 Å². The Labute approximate surface area is 140 Å². The smallest absolute Gasteiger partial charge is 0.310 e. The zero-order valence-corrected chi connectivity index (χ0v) is 14.8. The maximum absolute atomic E-state index is 10.9. The number of rotatable bonds is 13. The minimum Gasteiger partial charge on any atom is -0.481 e. The van der Waals surface area contributed by atoms with Gasteiger partial charge in [-0.25, -0.2) is 0 Å². The standard InChI is InChI=1S/C18H34N2O3/c1-3-4-5-6-7-8-9-10-11-12-16-14-20(15(2)21)17(19-16)13-18(22)23/h15-16,21H,3-14H2,1-2H3,(H,22,23). The highest BCUT2D eigenvalue weighted by Gasteiger charge is 2.28. The van der Waals surface area contributed by atoms with E-state index in [0.717, 1.165) is 12.8 Å². The Hall–Kier alpha value is -1.10. The van der Waals surface area contributed by atoms with Gasteiger partial charge in [-0.15, -0.1) is 0 Å². The number of aliphatic imine (C=N–C) groups is 1. The van der Waals surface area contributed by atoms with Crippen molar-refractivity contribution in [2.45, 2.75) is 96.7 Å². The van der Waals surface area contributed by atoms with Crippen molar-refractivity contribution < 1.29 is 15.0 Å². The lowest BCUT2D eigenvalue weighted by Gasteiger charge is -2.23. The van der Waals surface area contributed by atoms with Gasteiger partial charge < -0.3 is 15.1 Å². The fourth-order valence-electron chi connectivity index (χ4n) is 3.16. The molecule has 2 unspecified atom stereocenters. The lowest BCUT2D eigenvalue weighted by atomic mass is 10.0. The number of hydrogen-bond donors (Lipinski definition) is 2. The van der Waals surface area contributed by atoms with Gasteiger partial charge in [0.1, 0.15) is 18.5 Å². The average molecular weight is 326 g/mol. The van der Waals surface area contributed by atoms with Crippen LogP contribution in [-0.2, 0) is 4.79 Å². The Kier molecular flexibility index (Phi) is 9.92. The summed E-state index contributed by atoms with van der Waals surface area (Å²) < 4.78 is 0. The van der Waals surface area contributed by atoms with Gasteiger partial charge in [-0.2, -0.15) is 0 Å². The lowest BCUT2D eigenvalue weighted by molar-refractivity contribution is -0.135. The van der Waals surface area contributed by atoms with Gasteiger partial charge in [-0.3, -0.25) is 9.79 Å². The molecule has 0 bridgehead atoms. The van der Waals surface area contributed by atoms with Gasteiger partial charge in [0.2, 0.25) is 0 Å². The molecule has 5 heteroatoms. The van der Waals surface area contributed by atoms with E-state index >= 15 is 0 Å². The highest BCUT2D eigenvalue weighted by Crippen LogP contribution is 2.19. The van der Waals surface area contributed by atoms with Crippen LogP contribution < -0.4 is 0 Å². The summed E-state index contributed by atoms with van der Waals surface area (Å²) in [5.74, 6) is -0.369. The molecule has 0 amide bonds. The van der Waals surface area contributed by atoms with Crippen LogP contribution in [0.4, 0.5) is 0 Å². The third kappa shape index (κ3) is 8.35. The monoisotopic (exact) mass is 326 g/mol. The van der Waals surface area contributed by atoms with Gasteiger partial charge in [-0.1, -0.05) is 64.7 Å². The first-order chi connectivity index (χ1) is 11.0. The van der Waals surface area contributed by atoms with Gasteiger partial charge in [-0.05, 0) is 13.3 Å². The zero-order valence-electron chi connectivity index (χ0n) is 14.8. The Bertz CT molecular complexity index is 369. The number of aliphatic hydroxyl groups excluding tert-OH is 1. The summed E-state index contributed by atoms with van der Waals surface area (Å²) in [4.78, 5) is 17.1. The van der Waals surface area contributed by atoms with Crippen molar-refractivity contribution in [1.29, 1.82) is 0 Å². The first-order valence-electron chi connectivity index (χ1n) is 9.27. The number of unbranched alkanes of at least 4 members (excludes halogenated alkanes) is 8. The van der Waals surface area contributed by atoms with Crippen molar-refractivity contribution in [3.05, 3.63) is 0 Å². The Morgan fingerprint density at radius 3 is 2.26 bits per heavy atom. The topological polar surface area (TPSA) is 73.1 Å².